The minimum Gasteiger partial charge on any atom is -0.311 e. The van der Waals surface area contributed by atoms with E-state index in [4.69, 9.17) is 0 Å². The Morgan fingerprint density at radius 2 is 1.62 bits per heavy atom. The van der Waals surface area contributed by atoms with Crippen LogP contribution in [0.1, 0.15) is 32.1 Å². The lowest BCUT2D eigenvalue weighted by molar-refractivity contribution is -0.186. The largest absolute Gasteiger partial charge is 0.391 e. The zero-order valence-electron chi connectivity index (χ0n) is 7.45. The standard InChI is InChI=1S/C9H14F3N/c10-9(11,12)7-1-3-8(4-2-7)5-6-13-8/h7,13H,1-6H2. The Hall–Kier alpha value is -0.250. The van der Waals surface area contributed by atoms with Gasteiger partial charge in [0, 0.05) is 5.54 Å². The highest BCUT2D eigenvalue weighted by molar-refractivity contribution is 5.00. The van der Waals surface area contributed by atoms with Crippen molar-refractivity contribution in [1.82, 2.24) is 5.32 Å². The Morgan fingerprint density at radius 1 is 1.08 bits per heavy atom. The number of alkyl halides is 3. The van der Waals surface area contributed by atoms with Crippen molar-refractivity contribution in [3.8, 4) is 0 Å². The van der Waals surface area contributed by atoms with Crippen LogP contribution in [0, 0.1) is 5.92 Å². The van der Waals surface area contributed by atoms with Crippen LogP contribution >= 0.6 is 0 Å². The quantitative estimate of drug-likeness (QED) is 0.623. The van der Waals surface area contributed by atoms with Crippen LogP contribution in [0.15, 0.2) is 0 Å². The van der Waals surface area contributed by atoms with Gasteiger partial charge in [-0.05, 0) is 38.6 Å². The van der Waals surface area contributed by atoms with E-state index in [-0.39, 0.29) is 5.54 Å². The average Bonchev–Trinajstić information content (AvgIpc) is 2.00. The van der Waals surface area contributed by atoms with E-state index in [1.165, 1.54) is 0 Å². The Kier molecular flexibility index (Phi) is 2.06. The zero-order valence-corrected chi connectivity index (χ0v) is 7.45. The van der Waals surface area contributed by atoms with Crippen LogP contribution in [0.3, 0.4) is 0 Å². The van der Waals surface area contributed by atoms with Crippen LogP contribution in [0.25, 0.3) is 0 Å². The third kappa shape index (κ3) is 1.68. The first-order chi connectivity index (χ1) is 6.02. The van der Waals surface area contributed by atoms with Gasteiger partial charge in [0.05, 0.1) is 5.92 Å². The highest BCUT2D eigenvalue weighted by Gasteiger charge is 2.47. The first kappa shape index (κ1) is 9.31. The SMILES string of the molecule is FC(F)(F)C1CCC2(CCN2)CC1. The molecule has 1 aliphatic carbocycles. The maximum absolute atomic E-state index is 12.3. The van der Waals surface area contributed by atoms with Crippen molar-refractivity contribution < 1.29 is 13.2 Å². The van der Waals surface area contributed by atoms with Gasteiger partial charge in [0.25, 0.3) is 0 Å². The lowest BCUT2D eigenvalue weighted by Gasteiger charge is -2.48. The van der Waals surface area contributed by atoms with Crippen molar-refractivity contribution in [3.05, 3.63) is 0 Å². The molecule has 1 heterocycles. The second kappa shape index (κ2) is 2.87. The molecule has 0 amide bonds. The average molecular weight is 193 g/mol. The molecule has 0 aromatic heterocycles. The van der Waals surface area contributed by atoms with E-state index >= 15 is 0 Å². The van der Waals surface area contributed by atoms with Crippen molar-refractivity contribution in [2.45, 2.75) is 43.8 Å². The third-order valence-electron chi connectivity index (χ3n) is 3.51. The molecule has 0 aromatic rings. The fourth-order valence-electron chi connectivity index (χ4n) is 2.40. The molecule has 2 rings (SSSR count). The molecule has 0 aromatic carbocycles. The predicted molar refractivity (Wildman–Crippen MR) is 43.4 cm³/mol. The Morgan fingerprint density at radius 3 is 1.92 bits per heavy atom. The topological polar surface area (TPSA) is 12.0 Å². The molecule has 0 radical (unpaired) electrons. The summed E-state index contributed by atoms with van der Waals surface area (Å²) in [5.41, 5.74) is 0.0990. The van der Waals surface area contributed by atoms with E-state index in [1.807, 2.05) is 0 Å². The van der Waals surface area contributed by atoms with Gasteiger partial charge in [-0.15, -0.1) is 0 Å². The van der Waals surface area contributed by atoms with Gasteiger partial charge in [0.1, 0.15) is 0 Å². The highest BCUT2D eigenvalue weighted by Crippen LogP contribution is 2.44. The van der Waals surface area contributed by atoms with Gasteiger partial charge in [0.15, 0.2) is 0 Å². The summed E-state index contributed by atoms with van der Waals surface area (Å²) < 4.78 is 36.9. The molecule has 4 heteroatoms. The lowest BCUT2D eigenvalue weighted by atomic mass is 9.71. The molecule has 0 bridgehead atoms. The Labute approximate surface area is 75.7 Å². The Bertz CT molecular complexity index is 186. The van der Waals surface area contributed by atoms with Crippen molar-refractivity contribution in [3.63, 3.8) is 0 Å². The Balaban J connectivity index is 1.89. The second-order valence-electron chi connectivity index (χ2n) is 4.27. The normalized spacial score (nSPS) is 40.4. The van der Waals surface area contributed by atoms with Crippen LogP contribution in [-0.2, 0) is 0 Å². The molecule has 0 atom stereocenters. The van der Waals surface area contributed by atoms with E-state index in [9.17, 15) is 13.2 Å². The van der Waals surface area contributed by atoms with E-state index in [2.05, 4.69) is 5.32 Å². The molecule has 1 saturated heterocycles. The smallest absolute Gasteiger partial charge is 0.311 e. The fourth-order valence-corrected chi connectivity index (χ4v) is 2.40. The van der Waals surface area contributed by atoms with E-state index in [0.29, 0.717) is 25.7 Å². The van der Waals surface area contributed by atoms with Gasteiger partial charge in [-0.25, -0.2) is 0 Å². The maximum atomic E-state index is 12.3. The number of halogens is 3. The molecular formula is C9H14F3N. The third-order valence-corrected chi connectivity index (χ3v) is 3.51. The summed E-state index contributed by atoms with van der Waals surface area (Å²) in [4.78, 5) is 0. The van der Waals surface area contributed by atoms with Gasteiger partial charge in [0.2, 0.25) is 0 Å². The van der Waals surface area contributed by atoms with E-state index in [0.717, 1.165) is 13.0 Å². The summed E-state index contributed by atoms with van der Waals surface area (Å²) in [6, 6.07) is 0. The first-order valence-corrected chi connectivity index (χ1v) is 4.84. The van der Waals surface area contributed by atoms with Crippen molar-refractivity contribution in [2.75, 3.05) is 6.54 Å². The van der Waals surface area contributed by atoms with Gasteiger partial charge < -0.3 is 5.32 Å². The summed E-state index contributed by atoms with van der Waals surface area (Å²) in [5, 5.41) is 3.27. The monoisotopic (exact) mass is 193 g/mol. The highest BCUT2D eigenvalue weighted by atomic mass is 19.4. The van der Waals surface area contributed by atoms with E-state index < -0.39 is 12.1 Å². The van der Waals surface area contributed by atoms with Crippen molar-refractivity contribution >= 4 is 0 Å². The molecule has 2 fully saturated rings. The first-order valence-electron chi connectivity index (χ1n) is 4.84. The van der Waals surface area contributed by atoms with Crippen LogP contribution in [0.4, 0.5) is 13.2 Å². The molecular weight excluding hydrogens is 179 g/mol. The van der Waals surface area contributed by atoms with Gasteiger partial charge >= 0.3 is 6.18 Å². The second-order valence-corrected chi connectivity index (χ2v) is 4.27. The summed E-state index contributed by atoms with van der Waals surface area (Å²) in [7, 11) is 0. The summed E-state index contributed by atoms with van der Waals surface area (Å²) in [6.45, 7) is 0.983. The molecule has 1 saturated carbocycles. The van der Waals surface area contributed by atoms with Crippen molar-refractivity contribution in [1.29, 1.82) is 0 Å². The number of hydrogen-bond donors (Lipinski definition) is 1. The van der Waals surface area contributed by atoms with Crippen LogP contribution < -0.4 is 5.32 Å². The summed E-state index contributed by atoms with van der Waals surface area (Å²) in [5.74, 6) is -1.04. The van der Waals surface area contributed by atoms with Crippen LogP contribution in [0.5, 0.6) is 0 Å². The zero-order chi connectivity index (χ0) is 9.53. The summed E-state index contributed by atoms with van der Waals surface area (Å²) in [6.07, 6.45) is -0.857. The maximum Gasteiger partial charge on any atom is 0.391 e. The van der Waals surface area contributed by atoms with Crippen LogP contribution in [0.2, 0.25) is 0 Å². The van der Waals surface area contributed by atoms with E-state index in [1.54, 1.807) is 0 Å². The number of rotatable bonds is 0. The molecule has 1 N–H and O–H groups in total. The summed E-state index contributed by atoms with van der Waals surface area (Å²) >= 11 is 0. The molecule has 0 unspecified atom stereocenters. The predicted octanol–water partition coefficient (Wildman–Crippen LogP) is 2.47. The molecule has 76 valence electrons. The molecule has 1 aliphatic heterocycles. The number of nitrogens with one attached hydrogen (secondary N) is 1. The molecule has 2 aliphatic rings. The minimum atomic E-state index is -3.97. The fraction of sp³-hybridized carbons (Fsp3) is 1.00. The van der Waals surface area contributed by atoms with Gasteiger partial charge in [-0.3, -0.25) is 0 Å². The van der Waals surface area contributed by atoms with Crippen molar-refractivity contribution in [2.24, 2.45) is 5.92 Å². The van der Waals surface area contributed by atoms with Crippen LogP contribution in [-0.4, -0.2) is 18.3 Å². The van der Waals surface area contributed by atoms with Gasteiger partial charge in [-0.1, -0.05) is 0 Å². The minimum absolute atomic E-state index is 0.0990. The van der Waals surface area contributed by atoms with Gasteiger partial charge in [-0.2, -0.15) is 13.2 Å². The lowest BCUT2D eigenvalue weighted by Crippen LogP contribution is -2.59. The molecule has 1 nitrogen and oxygen atoms in total. The molecule has 13 heavy (non-hydrogen) atoms. The molecule has 1 spiro atoms. The number of hydrogen-bond acceptors (Lipinski definition) is 1.